The summed E-state index contributed by atoms with van der Waals surface area (Å²) >= 11 is 1.71. The van der Waals surface area contributed by atoms with Crippen molar-refractivity contribution in [1.29, 1.82) is 0 Å². The van der Waals surface area contributed by atoms with Crippen molar-refractivity contribution in [3.63, 3.8) is 0 Å². The first-order chi connectivity index (χ1) is 9.01. The molecule has 0 saturated carbocycles. The topological polar surface area (TPSA) is 49.8 Å². The van der Waals surface area contributed by atoms with Crippen LogP contribution in [0.5, 0.6) is 0 Å². The van der Waals surface area contributed by atoms with Gasteiger partial charge in [-0.2, -0.15) is 4.98 Å². The summed E-state index contributed by atoms with van der Waals surface area (Å²) < 4.78 is 0. The number of nitrogens with zero attached hydrogens (tertiary/aromatic N) is 2. The third-order valence-electron chi connectivity index (χ3n) is 3.22. The van der Waals surface area contributed by atoms with Gasteiger partial charge >= 0.3 is 0 Å². The van der Waals surface area contributed by atoms with E-state index in [0.29, 0.717) is 17.9 Å². The maximum Gasteiger partial charge on any atom is 0.226 e. The van der Waals surface area contributed by atoms with Gasteiger partial charge in [-0.05, 0) is 32.8 Å². The number of nitrogens with one attached hydrogen (secondary N) is 2. The van der Waals surface area contributed by atoms with Gasteiger partial charge < -0.3 is 10.6 Å². The molecule has 0 fully saturated rings. The van der Waals surface area contributed by atoms with Crippen LogP contribution in [-0.2, 0) is 0 Å². The molecule has 0 amide bonds. The number of hydrogen-bond acceptors (Lipinski definition) is 5. The first kappa shape index (κ1) is 14.1. The van der Waals surface area contributed by atoms with Gasteiger partial charge in [-0.15, -0.1) is 11.3 Å². The highest BCUT2D eigenvalue weighted by molar-refractivity contribution is 7.18. The molecule has 19 heavy (non-hydrogen) atoms. The number of aromatic nitrogens is 2. The largest absolute Gasteiger partial charge is 0.367 e. The molecule has 2 heterocycles. The standard InChI is InChI=1S/C14H22N4S/c1-6-15-14-17-12(16-10(5)8(2)3)11-7-9(4)19-13(11)18-14/h7-8,10H,6H2,1-5H3,(H2,15,16,17,18). The molecule has 0 aliphatic carbocycles. The summed E-state index contributed by atoms with van der Waals surface area (Å²) in [5, 5.41) is 7.83. The molecule has 0 aliphatic heterocycles. The molecule has 4 nitrogen and oxygen atoms in total. The summed E-state index contributed by atoms with van der Waals surface area (Å²) in [6.45, 7) is 11.6. The normalized spacial score (nSPS) is 12.9. The van der Waals surface area contributed by atoms with E-state index in [-0.39, 0.29) is 0 Å². The predicted octanol–water partition coefficient (Wildman–Crippen LogP) is 3.89. The van der Waals surface area contributed by atoms with Crippen LogP contribution in [0, 0.1) is 12.8 Å². The summed E-state index contributed by atoms with van der Waals surface area (Å²) in [5.74, 6) is 2.20. The SMILES string of the molecule is CCNc1nc(NC(C)C(C)C)c2cc(C)sc2n1. The molecule has 1 atom stereocenters. The second-order valence-corrected chi connectivity index (χ2v) is 6.41. The maximum absolute atomic E-state index is 4.60. The molecule has 2 N–H and O–H groups in total. The summed E-state index contributed by atoms with van der Waals surface area (Å²) in [7, 11) is 0. The molecular weight excluding hydrogens is 256 g/mol. The van der Waals surface area contributed by atoms with Crippen molar-refractivity contribution in [2.45, 2.75) is 40.7 Å². The number of hydrogen-bond donors (Lipinski definition) is 2. The maximum atomic E-state index is 4.60. The number of aryl methyl sites for hydroxylation is 1. The average molecular weight is 278 g/mol. The van der Waals surface area contributed by atoms with Crippen molar-refractivity contribution in [2.24, 2.45) is 5.92 Å². The second-order valence-electron chi connectivity index (χ2n) is 5.18. The molecular formula is C14H22N4S. The number of fused-ring (bicyclic) bond motifs is 1. The fourth-order valence-corrected chi connectivity index (χ4v) is 2.65. The summed E-state index contributed by atoms with van der Waals surface area (Å²) in [6, 6.07) is 2.54. The van der Waals surface area contributed by atoms with Gasteiger partial charge in [-0.1, -0.05) is 13.8 Å². The average Bonchev–Trinajstić information content (AvgIpc) is 2.70. The molecule has 0 aromatic carbocycles. The molecule has 104 valence electrons. The highest BCUT2D eigenvalue weighted by Gasteiger charge is 2.14. The van der Waals surface area contributed by atoms with Crippen LogP contribution < -0.4 is 10.6 Å². The van der Waals surface area contributed by atoms with Crippen molar-refractivity contribution in [3.05, 3.63) is 10.9 Å². The predicted molar refractivity (Wildman–Crippen MR) is 84.2 cm³/mol. The van der Waals surface area contributed by atoms with Gasteiger partial charge in [0.1, 0.15) is 10.6 Å². The van der Waals surface area contributed by atoms with E-state index < -0.39 is 0 Å². The Morgan fingerprint density at radius 2 is 2.00 bits per heavy atom. The molecule has 0 bridgehead atoms. The Hall–Kier alpha value is -1.36. The summed E-state index contributed by atoms with van der Waals surface area (Å²) in [5.41, 5.74) is 0. The van der Waals surface area contributed by atoms with Crippen LogP contribution in [0.1, 0.15) is 32.6 Å². The Bertz CT molecular complexity index is 562. The van der Waals surface area contributed by atoms with Crippen LogP contribution in [0.2, 0.25) is 0 Å². The third-order valence-corrected chi connectivity index (χ3v) is 4.16. The van der Waals surface area contributed by atoms with E-state index >= 15 is 0 Å². The zero-order valence-corrected chi connectivity index (χ0v) is 13.1. The van der Waals surface area contributed by atoms with E-state index in [1.807, 2.05) is 0 Å². The second kappa shape index (κ2) is 5.74. The van der Waals surface area contributed by atoms with Crippen molar-refractivity contribution in [1.82, 2.24) is 9.97 Å². The molecule has 0 spiro atoms. The zero-order chi connectivity index (χ0) is 14.0. The monoisotopic (exact) mass is 278 g/mol. The first-order valence-electron chi connectivity index (χ1n) is 6.79. The van der Waals surface area contributed by atoms with Crippen molar-refractivity contribution < 1.29 is 0 Å². The molecule has 2 aromatic rings. The lowest BCUT2D eigenvalue weighted by atomic mass is 10.1. The van der Waals surface area contributed by atoms with Crippen molar-refractivity contribution >= 4 is 33.3 Å². The lowest BCUT2D eigenvalue weighted by Crippen LogP contribution is -2.22. The molecule has 0 radical (unpaired) electrons. The lowest BCUT2D eigenvalue weighted by Gasteiger charge is -2.19. The van der Waals surface area contributed by atoms with E-state index in [9.17, 15) is 0 Å². The molecule has 1 unspecified atom stereocenters. The lowest BCUT2D eigenvalue weighted by molar-refractivity contribution is 0.559. The number of anilines is 2. The van der Waals surface area contributed by atoms with Gasteiger partial charge in [0.25, 0.3) is 0 Å². The van der Waals surface area contributed by atoms with E-state index in [4.69, 9.17) is 0 Å². The Morgan fingerprint density at radius 1 is 1.26 bits per heavy atom. The van der Waals surface area contributed by atoms with Crippen LogP contribution in [0.4, 0.5) is 11.8 Å². The Balaban J connectivity index is 2.43. The van der Waals surface area contributed by atoms with Gasteiger partial charge in [-0.25, -0.2) is 4.98 Å². The van der Waals surface area contributed by atoms with Crippen LogP contribution in [-0.4, -0.2) is 22.6 Å². The van der Waals surface area contributed by atoms with E-state index in [2.05, 4.69) is 61.3 Å². The quantitative estimate of drug-likeness (QED) is 0.871. The first-order valence-corrected chi connectivity index (χ1v) is 7.61. The highest BCUT2D eigenvalue weighted by atomic mass is 32.1. The van der Waals surface area contributed by atoms with Crippen LogP contribution in [0.15, 0.2) is 6.07 Å². The highest BCUT2D eigenvalue weighted by Crippen LogP contribution is 2.30. The van der Waals surface area contributed by atoms with Gasteiger partial charge in [0, 0.05) is 17.5 Å². The minimum Gasteiger partial charge on any atom is -0.367 e. The minimum atomic E-state index is 0.382. The van der Waals surface area contributed by atoms with Crippen molar-refractivity contribution in [3.8, 4) is 0 Å². The minimum absolute atomic E-state index is 0.382. The molecule has 0 aliphatic rings. The zero-order valence-electron chi connectivity index (χ0n) is 12.2. The Morgan fingerprint density at radius 3 is 2.63 bits per heavy atom. The fraction of sp³-hybridized carbons (Fsp3) is 0.571. The summed E-state index contributed by atoms with van der Waals surface area (Å²) in [4.78, 5) is 11.5. The van der Waals surface area contributed by atoms with Gasteiger partial charge in [0.05, 0.1) is 5.39 Å². The van der Waals surface area contributed by atoms with E-state index in [0.717, 1.165) is 22.6 Å². The van der Waals surface area contributed by atoms with E-state index in [1.165, 1.54) is 4.88 Å². The van der Waals surface area contributed by atoms with Gasteiger partial charge in [-0.3, -0.25) is 0 Å². The van der Waals surface area contributed by atoms with E-state index in [1.54, 1.807) is 11.3 Å². The number of rotatable bonds is 5. The fourth-order valence-electron chi connectivity index (χ4n) is 1.77. The van der Waals surface area contributed by atoms with Crippen LogP contribution in [0.3, 0.4) is 0 Å². The van der Waals surface area contributed by atoms with Gasteiger partial charge in [0.2, 0.25) is 5.95 Å². The van der Waals surface area contributed by atoms with Crippen LogP contribution in [0.25, 0.3) is 10.2 Å². The van der Waals surface area contributed by atoms with Crippen LogP contribution >= 0.6 is 11.3 Å². The van der Waals surface area contributed by atoms with Crippen molar-refractivity contribution in [2.75, 3.05) is 17.2 Å². The number of thiophene rings is 1. The Kier molecular flexibility index (Phi) is 4.24. The van der Waals surface area contributed by atoms with Gasteiger partial charge in [0.15, 0.2) is 0 Å². The molecule has 2 aromatic heterocycles. The summed E-state index contributed by atoms with van der Waals surface area (Å²) in [6.07, 6.45) is 0. The molecule has 5 heteroatoms. The molecule has 2 rings (SSSR count). The molecule has 0 saturated heterocycles. The smallest absolute Gasteiger partial charge is 0.226 e. The Labute approximate surface area is 118 Å². The third kappa shape index (κ3) is 3.15.